The smallest absolute Gasteiger partial charge is 0.343 e. The fraction of sp³-hybridized carbons (Fsp3) is 0.227. The molecule has 0 spiro atoms. The first kappa shape index (κ1) is 21.4. The molecule has 0 bridgehead atoms. The van der Waals surface area contributed by atoms with Crippen LogP contribution in [0.4, 0.5) is 5.69 Å². The molecule has 0 aliphatic carbocycles. The number of esters is 1. The Bertz CT molecular complexity index is 1080. The highest BCUT2D eigenvalue weighted by molar-refractivity contribution is 6.30. The van der Waals surface area contributed by atoms with Crippen molar-refractivity contribution in [3.8, 4) is 11.4 Å². The summed E-state index contributed by atoms with van der Waals surface area (Å²) in [6.45, 7) is 3.63. The molecule has 0 radical (unpaired) electrons. The monoisotopic (exact) mass is 427 g/mol. The van der Waals surface area contributed by atoms with Gasteiger partial charge in [0.15, 0.2) is 6.61 Å². The molecular weight excluding hydrogens is 406 g/mol. The highest BCUT2D eigenvalue weighted by Gasteiger charge is 2.18. The van der Waals surface area contributed by atoms with E-state index in [-0.39, 0.29) is 12.5 Å². The fourth-order valence-corrected chi connectivity index (χ4v) is 3.18. The lowest BCUT2D eigenvalue weighted by molar-refractivity contribution is -0.142. The SMILES string of the molecule is CCc1c(C(=O)Nc2ccc(OCC(=O)OC)cc2C)cnn1-c1cccc(Cl)c1. The molecule has 1 N–H and O–H groups in total. The summed E-state index contributed by atoms with van der Waals surface area (Å²) >= 11 is 6.09. The largest absolute Gasteiger partial charge is 0.482 e. The van der Waals surface area contributed by atoms with Gasteiger partial charge in [-0.25, -0.2) is 9.48 Å². The van der Waals surface area contributed by atoms with Gasteiger partial charge in [-0.3, -0.25) is 4.79 Å². The first-order valence-corrected chi connectivity index (χ1v) is 9.75. The van der Waals surface area contributed by atoms with Gasteiger partial charge in [-0.05, 0) is 55.3 Å². The minimum atomic E-state index is -0.464. The zero-order valence-corrected chi connectivity index (χ0v) is 17.7. The number of anilines is 1. The number of nitrogens with one attached hydrogen (secondary N) is 1. The molecule has 3 aromatic rings. The molecule has 7 nitrogen and oxygen atoms in total. The van der Waals surface area contributed by atoms with E-state index < -0.39 is 5.97 Å². The molecular formula is C22H22ClN3O4. The van der Waals surface area contributed by atoms with Crippen molar-refractivity contribution in [2.45, 2.75) is 20.3 Å². The Morgan fingerprint density at radius 1 is 1.20 bits per heavy atom. The van der Waals surface area contributed by atoms with Crippen molar-refractivity contribution in [3.63, 3.8) is 0 Å². The zero-order chi connectivity index (χ0) is 21.7. The van der Waals surface area contributed by atoms with Crippen molar-refractivity contribution in [3.05, 3.63) is 70.5 Å². The minimum absolute atomic E-state index is 0.176. The number of nitrogens with zero attached hydrogens (tertiary/aromatic N) is 2. The molecule has 0 saturated heterocycles. The quantitative estimate of drug-likeness (QED) is 0.571. The second-order valence-electron chi connectivity index (χ2n) is 6.55. The summed E-state index contributed by atoms with van der Waals surface area (Å²) in [5.74, 6) is -0.209. The molecule has 0 aliphatic rings. The van der Waals surface area contributed by atoms with Crippen LogP contribution in [-0.4, -0.2) is 35.4 Å². The third kappa shape index (κ3) is 4.80. The first-order chi connectivity index (χ1) is 14.4. The topological polar surface area (TPSA) is 82.4 Å². The van der Waals surface area contributed by atoms with Crippen LogP contribution in [0.5, 0.6) is 5.75 Å². The normalized spacial score (nSPS) is 10.5. The van der Waals surface area contributed by atoms with Gasteiger partial charge < -0.3 is 14.8 Å². The van der Waals surface area contributed by atoms with Gasteiger partial charge >= 0.3 is 5.97 Å². The van der Waals surface area contributed by atoms with Gasteiger partial charge in [-0.15, -0.1) is 0 Å². The summed E-state index contributed by atoms with van der Waals surface area (Å²) in [7, 11) is 1.30. The van der Waals surface area contributed by atoms with E-state index in [1.807, 2.05) is 26.0 Å². The van der Waals surface area contributed by atoms with Gasteiger partial charge in [0.2, 0.25) is 0 Å². The zero-order valence-electron chi connectivity index (χ0n) is 16.9. The van der Waals surface area contributed by atoms with Crippen LogP contribution in [0.25, 0.3) is 5.69 Å². The highest BCUT2D eigenvalue weighted by atomic mass is 35.5. The van der Waals surface area contributed by atoms with E-state index in [1.54, 1.807) is 41.2 Å². The van der Waals surface area contributed by atoms with Crippen molar-refractivity contribution in [1.29, 1.82) is 0 Å². The summed E-state index contributed by atoms with van der Waals surface area (Å²) in [5.41, 5.74) is 3.50. The lowest BCUT2D eigenvalue weighted by Crippen LogP contribution is -2.15. The molecule has 1 heterocycles. The number of methoxy groups -OCH3 is 1. The van der Waals surface area contributed by atoms with Crippen LogP contribution >= 0.6 is 11.6 Å². The number of halogens is 1. The predicted molar refractivity (Wildman–Crippen MR) is 115 cm³/mol. The predicted octanol–water partition coefficient (Wildman–Crippen LogP) is 4.20. The van der Waals surface area contributed by atoms with Crippen molar-refractivity contribution >= 4 is 29.2 Å². The van der Waals surface area contributed by atoms with E-state index in [0.717, 1.165) is 16.9 Å². The molecule has 156 valence electrons. The van der Waals surface area contributed by atoms with E-state index in [4.69, 9.17) is 16.3 Å². The van der Waals surface area contributed by atoms with Gasteiger partial charge in [0.05, 0.1) is 30.3 Å². The highest BCUT2D eigenvalue weighted by Crippen LogP contribution is 2.24. The van der Waals surface area contributed by atoms with E-state index in [9.17, 15) is 9.59 Å². The standard InChI is InChI=1S/C22H22ClN3O4/c1-4-20-18(12-24-26(20)16-7-5-6-15(23)11-16)22(28)25-19-9-8-17(10-14(19)2)30-13-21(27)29-3/h5-12H,4,13H2,1-3H3,(H,25,28). The maximum Gasteiger partial charge on any atom is 0.343 e. The fourth-order valence-electron chi connectivity index (χ4n) is 2.99. The Hall–Kier alpha value is -3.32. The second-order valence-corrected chi connectivity index (χ2v) is 6.98. The van der Waals surface area contributed by atoms with Gasteiger partial charge in [0.1, 0.15) is 5.75 Å². The molecule has 3 rings (SSSR count). The van der Waals surface area contributed by atoms with E-state index in [1.165, 1.54) is 7.11 Å². The lowest BCUT2D eigenvalue weighted by Gasteiger charge is -2.12. The van der Waals surface area contributed by atoms with Crippen molar-refractivity contribution < 1.29 is 19.1 Å². The van der Waals surface area contributed by atoms with Crippen molar-refractivity contribution in [1.82, 2.24) is 9.78 Å². The summed E-state index contributed by atoms with van der Waals surface area (Å²) in [6, 6.07) is 12.5. The van der Waals surface area contributed by atoms with Crippen LogP contribution in [0, 0.1) is 6.92 Å². The number of amides is 1. The Kier molecular flexibility index (Phi) is 6.74. The third-order valence-electron chi connectivity index (χ3n) is 4.53. The number of hydrogen-bond acceptors (Lipinski definition) is 5. The molecule has 2 aromatic carbocycles. The number of carbonyl (C=O) groups is 2. The Balaban J connectivity index is 1.79. The van der Waals surface area contributed by atoms with Crippen molar-refractivity contribution in [2.24, 2.45) is 0 Å². The first-order valence-electron chi connectivity index (χ1n) is 9.37. The van der Waals surface area contributed by atoms with Gasteiger partial charge in [0, 0.05) is 10.7 Å². The number of carbonyl (C=O) groups excluding carboxylic acids is 2. The minimum Gasteiger partial charge on any atom is -0.482 e. The molecule has 30 heavy (non-hydrogen) atoms. The molecule has 0 fully saturated rings. The summed E-state index contributed by atoms with van der Waals surface area (Å²) < 4.78 is 11.6. The van der Waals surface area contributed by atoms with Crippen LogP contribution in [0.15, 0.2) is 48.7 Å². The average molecular weight is 428 g/mol. The number of aryl methyl sites for hydroxylation is 1. The Labute approximate surface area is 179 Å². The molecule has 0 aliphatic heterocycles. The summed E-state index contributed by atoms with van der Waals surface area (Å²) in [4.78, 5) is 24.1. The molecule has 1 aromatic heterocycles. The lowest BCUT2D eigenvalue weighted by atomic mass is 10.1. The Morgan fingerprint density at radius 3 is 2.67 bits per heavy atom. The summed E-state index contributed by atoms with van der Waals surface area (Å²) in [6.07, 6.45) is 2.17. The number of hydrogen-bond donors (Lipinski definition) is 1. The number of ether oxygens (including phenoxy) is 2. The van der Waals surface area contributed by atoms with Crippen LogP contribution in [0.3, 0.4) is 0 Å². The number of benzene rings is 2. The third-order valence-corrected chi connectivity index (χ3v) is 4.77. The van der Waals surface area contributed by atoms with Crippen LogP contribution in [-0.2, 0) is 16.0 Å². The molecule has 1 amide bonds. The second kappa shape index (κ2) is 9.45. The molecule has 0 atom stereocenters. The maximum absolute atomic E-state index is 12.9. The maximum atomic E-state index is 12.9. The number of aromatic nitrogens is 2. The van der Waals surface area contributed by atoms with Gasteiger partial charge in [-0.2, -0.15) is 5.10 Å². The van der Waals surface area contributed by atoms with E-state index in [0.29, 0.717) is 28.4 Å². The average Bonchev–Trinajstić information content (AvgIpc) is 3.18. The van der Waals surface area contributed by atoms with Crippen LogP contribution < -0.4 is 10.1 Å². The van der Waals surface area contributed by atoms with Crippen molar-refractivity contribution in [2.75, 3.05) is 19.0 Å². The van der Waals surface area contributed by atoms with E-state index >= 15 is 0 Å². The molecule has 8 heteroatoms. The Morgan fingerprint density at radius 2 is 2.00 bits per heavy atom. The van der Waals surface area contributed by atoms with Gasteiger partial charge in [-0.1, -0.05) is 24.6 Å². The summed E-state index contributed by atoms with van der Waals surface area (Å²) in [5, 5.41) is 7.89. The van der Waals surface area contributed by atoms with E-state index in [2.05, 4.69) is 15.2 Å². The van der Waals surface area contributed by atoms with Crippen LogP contribution in [0.1, 0.15) is 28.5 Å². The molecule has 0 saturated carbocycles. The van der Waals surface area contributed by atoms with Crippen LogP contribution in [0.2, 0.25) is 5.02 Å². The van der Waals surface area contributed by atoms with Gasteiger partial charge in [0.25, 0.3) is 5.91 Å². The number of rotatable bonds is 7. The molecule has 0 unspecified atom stereocenters.